The molecule has 2 heterocycles. The van der Waals surface area contributed by atoms with Crippen molar-refractivity contribution in [1.29, 1.82) is 0 Å². The van der Waals surface area contributed by atoms with Crippen LogP contribution in [0.2, 0.25) is 0 Å². The third kappa shape index (κ3) is 2.34. The van der Waals surface area contributed by atoms with Crippen LogP contribution in [0.3, 0.4) is 0 Å². The molecule has 1 saturated carbocycles. The number of nitrogens with one attached hydrogen (secondary N) is 4. The smallest absolute Gasteiger partial charge is 0.309 e. The number of aromatic nitrogens is 4. The monoisotopic (exact) mass is 297 g/mol. The SMILES string of the molecule is CC1C(NOO)CC2NC(=O)C(=O)NC2C1c1nn[nH]n1. The van der Waals surface area contributed by atoms with E-state index in [1.165, 1.54) is 0 Å². The Hall–Kier alpha value is -2.11. The second kappa shape index (κ2) is 5.35. The third-order valence-electron chi connectivity index (χ3n) is 4.21. The molecule has 5 unspecified atom stereocenters. The van der Waals surface area contributed by atoms with E-state index >= 15 is 0 Å². The fourth-order valence-electron chi connectivity index (χ4n) is 3.18. The van der Waals surface area contributed by atoms with Gasteiger partial charge in [0, 0.05) is 12.0 Å². The number of aromatic amines is 1. The van der Waals surface area contributed by atoms with Crippen molar-refractivity contribution in [1.82, 2.24) is 36.7 Å². The number of rotatable bonds is 3. The van der Waals surface area contributed by atoms with Crippen molar-refractivity contribution in [2.24, 2.45) is 5.92 Å². The van der Waals surface area contributed by atoms with Crippen LogP contribution in [0.15, 0.2) is 0 Å². The highest BCUT2D eigenvalue weighted by atomic mass is 17.2. The molecule has 1 aliphatic heterocycles. The first kappa shape index (κ1) is 13.9. The third-order valence-corrected chi connectivity index (χ3v) is 4.21. The molecule has 2 fully saturated rings. The number of amides is 2. The number of piperazine rings is 1. The maximum atomic E-state index is 11.6. The molecule has 0 bridgehead atoms. The lowest BCUT2D eigenvalue weighted by atomic mass is 9.70. The summed E-state index contributed by atoms with van der Waals surface area (Å²) in [5.74, 6) is -1.30. The first-order valence-corrected chi connectivity index (χ1v) is 6.52. The van der Waals surface area contributed by atoms with Crippen LogP contribution in [0.1, 0.15) is 25.1 Å². The Morgan fingerprint density at radius 2 is 2.10 bits per heavy atom. The lowest BCUT2D eigenvalue weighted by molar-refractivity contribution is -0.304. The summed E-state index contributed by atoms with van der Waals surface area (Å²) in [5.41, 5.74) is 2.49. The number of fused-ring (bicyclic) bond motifs is 1. The maximum absolute atomic E-state index is 11.6. The summed E-state index contributed by atoms with van der Waals surface area (Å²) in [4.78, 5) is 27.2. The van der Waals surface area contributed by atoms with Gasteiger partial charge in [-0.05, 0) is 12.3 Å². The van der Waals surface area contributed by atoms with Gasteiger partial charge in [0.15, 0.2) is 5.82 Å². The Morgan fingerprint density at radius 1 is 1.33 bits per heavy atom. The summed E-state index contributed by atoms with van der Waals surface area (Å²) in [5, 5.41) is 27.8. The van der Waals surface area contributed by atoms with Crippen LogP contribution in [0.25, 0.3) is 0 Å². The van der Waals surface area contributed by atoms with E-state index in [2.05, 4.69) is 41.7 Å². The van der Waals surface area contributed by atoms with Crippen LogP contribution < -0.4 is 16.1 Å². The summed E-state index contributed by atoms with van der Waals surface area (Å²) >= 11 is 0. The molecular weight excluding hydrogens is 282 g/mol. The second-order valence-electron chi connectivity index (χ2n) is 5.29. The second-order valence-corrected chi connectivity index (χ2v) is 5.29. The summed E-state index contributed by atoms with van der Waals surface area (Å²) in [7, 11) is 0. The minimum absolute atomic E-state index is 0.0775. The zero-order valence-electron chi connectivity index (χ0n) is 11.1. The van der Waals surface area contributed by atoms with Crippen molar-refractivity contribution >= 4 is 11.8 Å². The summed E-state index contributed by atoms with van der Waals surface area (Å²) in [6.07, 6.45) is 0.479. The molecule has 114 valence electrons. The summed E-state index contributed by atoms with van der Waals surface area (Å²) < 4.78 is 0. The van der Waals surface area contributed by atoms with Gasteiger partial charge in [0.05, 0.1) is 12.1 Å². The summed E-state index contributed by atoms with van der Waals surface area (Å²) in [6.45, 7) is 1.91. The predicted octanol–water partition coefficient (Wildman–Crippen LogP) is -2.33. The molecule has 5 N–H and O–H groups in total. The van der Waals surface area contributed by atoms with Gasteiger partial charge in [-0.3, -0.25) is 9.59 Å². The van der Waals surface area contributed by atoms with Gasteiger partial charge in [0.1, 0.15) is 0 Å². The van der Waals surface area contributed by atoms with Crippen molar-refractivity contribution in [3.63, 3.8) is 0 Å². The number of carbonyl (C=O) groups excluding carboxylic acids is 2. The number of nitrogens with zero attached hydrogens (tertiary/aromatic N) is 3. The highest BCUT2D eigenvalue weighted by molar-refractivity contribution is 6.35. The first-order chi connectivity index (χ1) is 10.1. The molecule has 1 aliphatic carbocycles. The molecule has 0 spiro atoms. The molecule has 2 aliphatic rings. The van der Waals surface area contributed by atoms with Crippen LogP contribution in [0.4, 0.5) is 0 Å². The quantitative estimate of drug-likeness (QED) is 0.236. The number of H-pyrrole nitrogens is 1. The molecule has 1 aromatic rings. The largest absolute Gasteiger partial charge is 0.343 e. The highest BCUT2D eigenvalue weighted by Crippen LogP contribution is 2.37. The molecule has 0 aromatic carbocycles. The molecule has 0 radical (unpaired) electrons. The van der Waals surface area contributed by atoms with Crippen LogP contribution >= 0.6 is 0 Å². The van der Waals surface area contributed by atoms with Crippen LogP contribution in [0, 0.1) is 5.92 Å². The average Bonchev–Trinajstić information content (AvgIpc) is 2.96. The standard InChI is InChI=1S/C10H15N7O4/c1-3-4(15-21-20)2-5-7(12-10(19)9(18)11-5)6(3)8-13-16-17-14-8/h3-7,15,20H,2H2,1H3,(H,11,18)(H,12,19)(H,13,14,16,17). The molecule has 21 heavy (non-hydrogen) atoms. The first-order valence-electron chi connectivity index (χ1n) is 6.52. The fourth-order valence-corrected chi connectivity index (χ4v) is 3.18. The molecule has 2 amide bonds. The van der Waals surface area contributed by atoms with E-state index in [-0.39, 0.29) is 30.0 Å². The van der Waals surface area contributed by atoms with Gasteiger partial charge in [-0.25, -0.2) is 5.26 Å². The van der Waals surface area contributed by atoms with Crippen molar-refractivity contribution in [2.75, 3.05) is 0 Å². The van der Waals surface area contributed by atoms with Gasteiger partial charge >= 0.3 is 11.8 Å². The maximum Gasteiger partial charge on any atom is 0.309 e. The van der Waals surface area contributed by atoms with Crippen LogP contribution in [-0.2, 0) is 14.6 Å². The highest BCUT2D eigenvalue weighted by Gasteiger charge is 2.49. The van der Waals surface area contributed by atoms with Gasteiger partial charge in [0.25, 0.3) is 0 Å². The minimum atomic E-state index is -0.679. The number of hydrogen-bond acceptors (Lipinski definition) is 8. The van der Waals surface area contributed by atoms with Gasteiger partial charge < -0.3 is 10.6 Å². The van der Waals surface area contributed by atoms with E-state index in [1.807, 2.05) is 6.92 Å². The van der Waals surface area contributed by atoms with Gasteiger partial charge in [0.2, 0.25) is 0 Å². The number of hydroxylamine groups is 1. The van der Waals surface area contributed by atoms with Crippen LogP contribution in [0.5, 0.6) is 0 Å². The average molecular weight is 297 g/mol. The molecule has 1 saturated heterocycles. The van der Waals surface area contributed by atoms with E-state index in [9.17, 15) is 9.59 Å². The fraction of sp³-hybridized carbons (Fsp3) is 0.700. The van der Waals surface area contributed by atoms with Crippen molar-refractivity contribution in [3.05, 3.63) is 5.82 Å². The topological polar surface area (TPSA) is 154 Å². The van der Waals surface area contributed by atoms with Crippen molar-refractivity contribution in [2.45, 2.75) is 37.4 Å². The van der Waals surface area contributed by atoms with Crippen molar-refractivity contribution in [3.8, 4) is 0 Å². The Morgan fingerprint density at radius 3 is 2.76 bits per heavy atom. The molecule has 5 atom stereocenters. The molecule has 3 rings (SSSR count). The Kier molecular flexibility index (Phi) is 3.53. The van der Waals surface area contributed by atoms with Crippen molar-refractivity contribution < 1.29 is 19.8 Å². The van der Waals surface area contributed by atoms with Gasteiger partial charge in [-0.15, -0.1) is 15.2 Å². The zero-order valence-corrected chi connectivity index (χ0v) is 11.1. The molecule has 11 nitrogen and oxygen atoms in total. The van der Waals surface area contributed by atoms with E-state index in [0.29, 0.717) is 12.2 Å². The minimum Gasteiger partial charge on any atom is -0.343 e. The lowest BCUT2D eigenvalue weighted by Crippen LogP contribution is -2.69. The molecule has 11 heteroatoms. The van der Waals surface area contributed by atoms with Gasteiger partial charge in [-0.1, -0.05) is 12.1 Å². The Bertz CT molecular complexity index is 536. The predicted molar refractivity (Wildman–Crippen MR) is 65.2 cm³/mol. The number of tetrazole rings is 1. The van der Waals surface area contributed by atoms with E-state index in [1.54, 1.807) is 0 Å². The normalized spacial score (nSPS) is 35.8. The number of hydrogen-bond donors (Lipinski definition) is 5. The Labute approximate surface area is 118 Å². The zero-order chi connectivity index (χ0) is 15.0. The molecular formula is C10H15N7O4. The van der Waals surface area contributed by atoms with E-state index in [4.69, 9.17) is 5.26 Å². The molecule has 1 aromatic heterocycles. The lowest BCUT2D eigenvalue weighted by Gasteiger charge is -2.46. The van der Waals surface area contributed by atoms with Crippen LogP contribution in [-0.4, -0.2) is 55.8 Å². The van der Waals surface area contributed by atoms with E-state index in [0.717, 1.165) is 0 Å². The number of carbonyl (C=O) groups is 2. The Balaban J connectivity index is 1.92. The van der Waals surface area contributed by atoms with Gasteiger partial charge in [-0.2, -0.15) is 10.7 Å². The van der Waals surface area contributed by atoms with E-state index < -0.39 is 11.8 Å². The summed E-state index contributed by atoms with van der Waals surface area (Å²) in [6, 6.07) is -0.919.